The monoisotopic (exact) mass is 534 g/mol. The number of nitrogens with one attached hydrogen (secondary N) is 4. The number of carboxylic acid groups (broad SMARTS) is 1. The minimum Gasteiger partial charge on any atom is -0.481 e. The van der Waals surface area contributed by atoms with Crippen molar-refractivity contribution in [3.63, 3.8) is 0 Å². The highest BCUT2D eigenvalue weighted by molar-refractivity contribution is 6.03. The summed E-state index contributed by atoms with van der Waals surface area (Å²) in [6.07, 6.45) is 5.91. The Morgan fingerprint density at radius 2 is 1.23 bits per heavy atom. The molecule has 7 rings (SSSR count). The normalized spacial score (nSPS) is 14.9. The maximum atomic E-state index is 9.00. The molecular weight excluding hydrogens is 504 g/mol. The van der Waals surface area contributed by atoms with E-state index in [0.717, 1.165) is 107 Å². The van der Waals surface area contributed by atoms with Gasteiger partial charge < -0.3 is 25.7 Å². The van der Waals surface area contributed by atoms with Crippen LogP contribution in [0.2, 0.25) is 0 Å². The van der Waals surface area contributed by atoms with Crippen LogP contribution >= 0.6 is 0 Å². The lowest BCUT2D eigenvalue weighted by atomic mass is 10.1. The predicted octanol–water partition coefficient (Wildman–Crippen LogP) is 4.34. The van der Waals surface area contributed by atoms with E-state index in [9.17, 15) is 0 Å². The van der Waals surface area contributed by atoms with E-state index >= 15 is 0 Å². The van der Waals surface area contributed by atoms with Gasteiger partial charge in [0, 0.05) is 89.7 Å². The summed E-state index contributed by atoms with van der Waals surface area (Å²) in [7, 11) is 0. The first-order valence-electron chi connectivity index (χ1n) is 13.4. The summed E-state index contributed by atoms with van der Waals surface area (Å²) in [4.78, 5) is 34.6. The van der Waals surface area contributed by atoms with Gasteiger partial charge in [-0.05, 0) is 37.1 Å². The van der Waals surface area contributed by atoms with Crippen LogP contribution in [-0.4, -0.2) is 68.9 Å². The van der Waals surface area contributed by atoms with Gasteiger partial charge in [-0.3, -0.25) is 14.8 Å². The molecule has 2 aliphatic heterocycles. The van der Waals surface area contributed by atoms with E-state index in [0.29, 0.717) is 5.82 Å². The number of carboxylic acids is 1. The number of aromatic nitrogens is 4. The fourth-order valence-corrected chi connectivity index (χ4v) is 4.88. The summed E-state index contributed by atoms with van der Waals surface area (Å²) in [6.45, 7) is 4.78. The largest absolute Gasteiger partial charge is 0.481 e. The molecule has 2 aliphatic rings. The van der Waals surface area contributed by atoms with Gasteiger partial charge in [0.2, 0.25) is 0 Å². The minimum absolute atomic E-state index is 0.671. The molecule has 202 valence electrons. The summed E-state index contributed by atoms with van der Waals surface area (Å²) in [5.74, 6) is 1.78. The van der Waals surface area contributed by atoms with Gasteiger partial charge in [-0.2, -0.15) is 0 Å². The van der Waals surface area contributed by atoms with Gasteiger partial charge in [-0.15, -0.1) is 0 Å². The first kappa shape index (κ1) is 25.3. The number of aliphatic imine (C=N–C) groups is 2. The number of carbonyl (C=O) groups is 1. The molecule has 0 fully saturated rings. The molecule has 2 aromatic carbocycles. The van der Waals surface area contributed by atoms with E-state index in [1.807, 2.05) is 12.4 Å². The van der Waals surface area contributed by atoms with E-state index in [1.165, 1.54) is 0 Å². The third kappa shape index (κ3) is 5.42. The molecule has 0 bridgehead atoms. The summed E-state index contributed by atoms with van der Waals surface area (Å²) in [5.41, 5.74) is 7.17. The smallest absolute Gasteiger partial charge is 0.300 e. The highest BCUT2D eigenvalue weighted by Crippen LogP contribution is 2.27. The maximum Gasteiger partial charge on any atom is 0.300 e. The Morgan fingerprint density at radius 1 is 0.725 bits per heavy atom. The standard InChI is InChI=1S/C28H26N8.C2H4O2/c1-7-29-26(30-8-1)19-5-3-17-11-24(35-22(17)13-19)21-15-33-28(34-16-21)25-12-18-4-6-20(14-23(18)36-25)27-31-9-2-10-32-27;1-2(3)4/h3-6,11-16,35-36H,1-2,7-10H2,(H,29,30)(H,31,32);1H3,(H,3,4). The first-order chi connectivity index (χ1) is 19.5. The van der Waals surface area contributed by atoms with Crippen LogP contribution in [0, 0.1) is 0 Å². The maximum absolute atomic E-state index is 9.00. The van der Waals surface area contributed by atoms with Crippen LogP contribution in [0.4, 0.5) is 0 Å². The number of benzene rings is 2. The Balaban J connectivity index is 0.000000680. The van der Waals surface area contributed by atoms with Crippen molar-refractivity contribution in [3.05, 3.63) is 72.1 Å². The van der Waals surface area contributed by atoms with Crippen LogP contribution in [0.5, 0.6) is 0 Å². The van der Waals surface area contributed by atoms with E-state index < -0.39 is 5.97 Å². The zero-order valence-corrected chi connectivity index (χ0v) is 22.2. The Hall–Kier alpha value is -4.99. The van der Waals surface area contributed by atoms with Gasteiger partial charge in [0.15, 0.2) is 5.82 Å². The third-order valence-corrected chi connectivity index (χ3v) is 6.79. The Morgan fingerprint density at radius 3 is 1.73 bits per heavy atom. The third-order valence-electron chi connectivity index (χ3n) is 6.79. The molecule has 0 radical (unpaired) electrons. The molecule has 0 amide bonds. The second-order valence-electron chi connectivity index (χ2n) is 9.81. The second kappa shape index (κ2) is 11.0. The van der Waals surface area contributed by atoms with Crippen LogP contribution in [-0.2, 0) is 4.79 Å². The molecule has 3 aromatic heterocycles. The van der Waals surface area contributed by atoms with E-state index in [2.05, 4.69) is 89.1 Å². The zero-order chi connectivity index (χ0) is 27.5. The quantitative estimate of drug-likeness (QED) is 0.232. The van der Waals surface area contributed by atoms with Crippen molar-refractivity contribution in [1.29, 1.82) is 0 Å². The lowest BCUT2D eigenvalue weighted by molar-refractivity contribution is -0.134. The van der Waals surface area contributed by atoms with E-state index in [4.69, 9.17) is 9.90 Å². The number of amidine groups is 2. The summed E-state index contributed by atoms with van der Waals surface area (Å²) < 4.78 is 0. The van der Waals surface area contributed by atoms with Crippen molar-refractivity contribution in [1.82, 2.24) is 30.6 Å². The van der Waals surface area contributed by atoms with Crippen molar-refractivity contribution in [2.45, 2.75) is 19.8 Å². The van der Waals surface area contributed by atoms with Crippen molar-refractivity contribution in [2.24, 2.45) is 9.98 Å². The van der Waals surface area contributed by atoms with Crippen molar-refractivity contribution < 1.29 is 9.90 Å². The molecule has 5 N–H and O–H groups in total. The van der Waals surface area contributed by atoms with Crippen molar-refractivity contribution in [3.8, 4) is 22.8 Å². The Labute approximate surface area is 230 Å². The van der Waals surface area contributed by atoms with Crippen LogP contribution in [0.15, 0.2) is 70.9 Å². The molecule has 0 aliphatic carbocycles. The molecule has 5 aromatic rings. The van der Waals surface area contributed by atoms with Gasteiger partial charge in [0.25, 0.3) is 5.97 Å². The van der Waals surface area contributed by atoms with Gasteiger partial charge >= 0.3 is 0 Å². The molecular formula is C30H30N8O2. The molecule has 0 saturated carbocycles. The van der Waals surface area contributed by atoms with Crippen LogP contribution in [0.1, 0.15) is 30.9 Å². The highest BCUT2D eigenvalue weighted by atomic mass is 16.4. The first-order valence-corrected chi connectivity index (χ1v) is 13.4. The minimum atomic E-state index is -0.833. The highest BCUT2D eigenvalue weighted by Gasteiger charge is 2.13. The fraction of sp³-hybridized carbons (Fsp3) is 0.233. The van der Waals surface area contributed by atoms with E-state index in [-0.39, 0.29) is 0 Å². The molecule has 10 heteroatoms. The number of hydrogen-bond acceptors (Lipinski definition) is 7. The van der Waals surface area contributed by atoms with Crippen LogP contribution < -0.4 is 10.6 Å². The topological polar surface area (TPSA) is 143 Å². The Kier molecular flexibility index (Phi) is 6.96. The number of fused-ring (bicyclic) bond motifs is 2. The lowest BCUT2D eigenvalue weighted by Gasteiger charge is -2.14. The van der Waals surface area contributed by atoms with E-state index in [1.54, 1.807) is 0 Å². The van der Waals surface area contributed by atoms with Gasteiger partial charge in [-0.1, -0.05) is 24.3 Å². The molecule has 0 atom stereocenters. The fourth-order valence-electron chi connectivity index (χ4n) is 4.88. The summed E-state index contributed by atoms with van der Waals surface area (Å²) >= 11 is 0. The number of hydrogen-bond donors (Lipinski definition) is 5. The SMILES string of the molecule is CC(=O)O.c1cc2cc(-c3cnc(-c4cc5ccc(C6=NCCCN6)cc5[nH]4)nc3)[nH]c2cc1C1=NCCCN1. The van der Waals surface area contributed by atoms with Gasteiger partial charge in [0.05, 0.1) is 5.69 Å². The van der Waals surface area contributed by atoms with Crippen LogP contribution in [0.3, 0.4) is 0 Å². The Bertz CT molecular complexity index is 1620. The molecule has 0 saturated heterocycles. The number of rotatable bonds is 4. The van der Waals surface area contributed by atoms with Crippen molar-refractivity contribution >= 4 is 39.4 Å². The number of aromatic amines is 2. The van der Waals surface area contributed by atoms with Gasteiger partial charge in [0.1, 0.15) is 11.7 Å². The molecule has 0 unspecified atom stereocenters. The van der Waals surface area contributed by atoms with Crippen molar-refractivity contribution in [2.75, 3.05) is 26.2 Å². The number of H-pyrrole nitrogens is 2. The molecule has 40 heavy (non-hydrogen) atoms. The second-order valence-corrected chi connectivity index (χ2v) is 9.81. The average molecular weight is 535 g/mol. The van der Waals surface area contributed by atoms with Crippen LogP contribution in [0.25, 0.3) is 44.6 Å². The zero-order valence-electron chi connectivity index (χ0n) is 22.2. The molecule has 0 spiro atoms. The van der Waals surface area contributed by atoms with Gasteiger partial charge in [-0.25, -0.2) is 9.97 Å². The molecule has 10 nitrogen and oxygen atoms in total. The predicted molar refractivity (Wildman–Crippen MR) is 158 cm³/mol. The number of aliphatic carboxylic acids is 1. The molecule has 5 heterocycles. The number of nitrogens with zero attached hydrogens (tertiary/aromatic N) is 4. The summed E-state index contributed by atoms with van der Waals surface area (Å²) in [5, 5.41) is 16.5. The average Bonchev–Trinajstić information content (AvgIpc) is 3.62. The lowest BCUT2D eigenvalue weighted by Crippen LogP contribution is -2.30. The summed E-state index contributed by atoms with van der Waals surface area (Å²) in [6, 6.07) is 17.0.